The highest BCUT2D eigenvalue weighted by atomic mass is 32.2. The molecule has 0 fully saturated rings. The summed E-state index contributed by atoms with van der Waals surface area (Å²) in [7, 11) is 0. The molecule has 4 nitrogen and oxygen atoms in total. The van der Waals surface area contributed by atoms with Gasteiger partial charge in [0.2, 0.25) is 0 Å². The van der Waals surface area contributed by atoms with Gasteiger partial charge in [0.15, 0.2) is 0 Å². The number of hydrogen-bond acceptors (Lipinski definition) is 6. The van der Waals surface area contributed by atoms with Crippen molar-refractivity contribution in [3.63, 3.8) is 0 Å². The fraction of sp³-hybridized carbons (Fsp3) is 0.333. The molecule has 3 rings (SSSR count). The van der Waals surface area contributed by atoms with Gasteiger partial charge >= 0.3 is 5.97 Å². The van der Waals surface area contributed by atoms with E-state index in [-0.39, 0.29) is 12.4 Å². The highest BCUT2D eigenvalue weighted by molar-refractivity contribution is 7.82. The quantitative estimate of drug-likeness (QED) is 0.660. The third-order valence-corrected chi connectivity index (χ3v) is 4.44. The Bertz CT molecular complexity index is 758. The third-order valence-electron chi connectivity index (χ3n) is 3.26. The minimum atomic E-state index is -0.228. The molecule has 0 saturated heterocycles. The van der Waals surface area contributed by atoms with E-state index in [1.54, 1.807) is 18.3 Å². The highest BCUT2D eigenvalue weighted by Gasteiger charge is 2.19. The summed E-state index contributed by atoms with van der Waals surface area (Å²) in [5, 5.41) is 1.01. The Morgan fingerprint density at radius 2 is 2.33 bits per heavy atom. The van der Waals surface area contributed by atoms with Gasteiger partial charge in [-0.2, -0.15) is 0 Å². The zero-order valence-electron chi connectivity index (χ0n) is 11.6. The van der Waals surface area contributed by atoms with E-state index in [9.17, 15) is 4.79 Å². The van der Waals surface area contributed by atoms with E-state index in [1.807, 2.05) is 12.2 Å². The van der Waals surface area contributed by atoms with Crippen molar-refractivity contribution in [2.24, 2.45) is 0 Å². The predicted molar refractivity (Wildman–Crippen MR) is 84.5 cm³/mol. The van der Waals surface area contributed by atoms with Gasteiger partial charge in [0.1, 0.15) is 10.1 Å². The summed E-state index contributed by atoms with van der Waals surface area (Å²) in [5.41, 5.74) is 2.37. The first-order valence-corrected chi connectivity index (χ1v) is 8.04. The van der Waals surface area contributed by atoms with Crippen molar-refractivity contribution in [3.05, 3.63) is 33.4 Å². The summed E-state index contributed by atoms with van der Waals surface area (Å²) in [6, 6.07) is 0. The Hall–Kier alpha value is -1.53. The molecule has 2 aliphatic carbocycles. The van der Waals surface area contributed by atoms with Crippen molar-refractivity contribution in [1.82, 2.24) is 4.98 Å². The number of carbonyl (C=O) groups excluding carboxylic acids is 1. The van der Waals surface area contributed by atoms with Gasteiger partial charge in [0.25, 0.3) is 0 Å². The van der Waals surface area contributed by atoms with Crippen LogP contribution in [0.3, 0.4) is 0 Å². The van der Waals surface area contributed by atoms with Crippen molar-refractivity contribution in [3.8, 4) is 0 Å². The topological polar surface area (TPSA) is 48.4 Å². The van der Waals surface area contributed by atoms with Crippen LogP contribution in [0.25, 0.3) is 11.6 Å². The second kappa shape index (κ2) is 6.07. The van der Waals surface area contributed by atoms with Crippen molar-refractivity contribution in [2.45, 2.75) is 24.1 Å². The molecule has 0 spiro atoms. The van der Waals surface area contributed by atoms with E-state index in [4.69, 9.17) is 9.47 Å². The molecule has 6 heteroatoms. The van der Waals surface area contributed by atoms with Gasteiger partial charge in [-0.15, -0.1) is 24.0 Å². The maximum Gasteiger partial charge on any atom is 0.309 e. The van der Waals surface area contributed by atoms with Gasteiger partial charge in [0, 0.05) is 6.42 Å². The molecule has 0 radical (unpaired) electrons. The molecule has 1 aromatic heterocycles. The summed E-state index contributed by atoms with van der Waals surface area (Å²) < 4.78 is 12.5. The molecule has 0 unspecified atom stereocenters. The molecule has 0 saturated carbocycles. The molecule has 0 aromatic carbocycles. The molecule has 0 aliphatic heterocycles. The molecule has 2 aliphatic rings. The van der Waals surface area contributed by atoms with Crippen LogP contribution in [0.5, 0.6) is 0 Å². The molecule has 0 amide bonds. The van der Waals surface area contributed by atoms with Crippen LogP contribution in [0.1, 0.15) is 19.8 Å². The number of thiazole rings is 1. The summed E-state index contributed by atoms with van der Waals surface area (Å²) in [4.78, 5) is 15.7. The maximum atomic E-state index is 11.3. The smallest absolute Gasteiger partial charge is 0.309 e. The van der Waals surface area contributed by atoms with Crippen LogP contribution in [0.4, 0.5) is 0 Å². The average molecular weight is 321 g/mol. The SMILES string of the molecule is CCOC(=O)CCOC1=CC=C2C=c3sc(S)nc3=C2C1. The number of carbonyl (C=O) groups is 1. The van der Waals surface area contributed by atoms with E-state index in [2.05, 4.69) is 23.7 Å². The van der Waals surface area contributed by atoms with E-state index in [0.717, 1.165) is 20.0 Å². The number of ether oxygens (including phenoxy) is 2. The van der Waals surface area contributed by atoms with Crippen LogP contribution in [0, 0.1) is 0 Å². The Labute approximate surface area is 131 Å². The lowest BCUT2D eigenvalue weighted by Gasteiger charge is -2.15. The zero-order valence-corrected chi connectivity index (χ0v) is 13.3. The van der Waals surface area contributed by atoms with E-state index in [1.165, 1.54) is 11.1 Å². The van der Waals surface area contributed by atoms with Crippen LogP contribution in [0.15, 0.2) is 27.8 Å². The molecule has 0 bridgehead atoms. The minimum Gasteiger partial charge on any atom is -0.497 e. The number of aromatic nitrogens is 1. The molecule has 110 valence electrons. The lowest BCUT2D eigenvalue weighted by Crippen LogP contribution is -2.20. The summed E-state index contributed by atoms with van der Waals surface area (Å²) in [6.45, 7) is 2.54. The normalized spacial score (nSPS) is 15.6. The first-order chi connectivity index (χ1) is 10.2. The Balaban J connectivity index is 1.66. The first kappa shape index (κ1) is 14.4. The molecule has 1 aromatic rings. The molecule has 1 heterocycles. The number of esters is 1. The number of nitrogens with zero attached hydrogens (tertiary/aromatic N) is 1. The monoisotopic (exact) mass is 321 g/mol. The molecular weight excluding hydrogens is 306 g/mol. The number of thiol groups is 1. The van der Waals surface area contributed by atoms with E-state index >= 15 is 0 Å². The lowest BCUT2D eigenvalue weighted by molar-refractivity contribution is -0.143. The van der Waals surface area contributed by atoms with E-state index < -0.39 is 0 Å². The highest BCUT2D eigenvalue weighted by Crippen LogP contribution is 2.28. The van der Waals surface area contributed by atoms with Gasteiger partial charge in [-0.3, -0.25) is 4.79 Å². The number of hydrogen-bond donors (Lipinski definition) is 1. The van der Waals surface area contributed by atoms with Gasteiger partial charge < -0.3 is 9.47 Å². The number of allylic oxidation sites excluding steroid dienone is 4. The number of rotatable bonds is 5. The minimum absolute atomic E-state index is 0.228. The summed E-state index contributed by atoms with van der Waals surface area (Å²) >= 11 is 5.88. The molecular formula is C15H15NO3S2. The van der Waals surface area contributed by atoms with Crippen LogP contribution in [-0.4, -0.2) is 24.2 Å². The Kier molecular flexibility index (Phi) is 4.17. The van der Waals surface area contributed by atoms with Crippen LogP contribution in [-0.2, 0) is 14.3 Å². The predicted octanol–water partition coefficient (Wildman–Crippen LogP) is 1.56. The van der Waals surface area contributed by atoms with Crippen LogP contribution >= 0.6 is 24.0 Å². The van der Waals surface area contributed by atoms with Crippen molar-refractivity contribution >= 4 is 41.6 Å². The first-order valence-electron chi connectivity index (χ1n) is 6.77. The Morgan fingerprint density at radius 1 is 1.48 bits per heavy atom. The van der Waals surface area contributed by atoms with Gasteiger partial charge in [-0.05, 0) is 30.2 Å². The average Bonchev–Trinajstić information content (AvgIpc) is 2.95. The summed E-state index contributed by atoms with van der Waals surface area (Å²) in [6.07, 6.45) is 7.10. The lowest BCUT2D eigenvalue weighted by atomic mass is 10.00. The van der Waals surface area contributed by atoms with Crippen LogP contribution in [0.2, 0.25) is 0 Å². The standard InChI is InChI=1S/C15H15NO3S2/c1-2-18-13(17)5-6-19-10-4-3-9-7-12-14(11(9)8-10)16-15(20)21-12/h3-4,7H,2,5-6,8H2,1H3,(H,16,20). The maximum absolute atomic E-state index is 11.3. The second-order valence-electron chi connectivity index (χ2n) is 4.67. The second-order valence-corrected chi connectivity index (χ2v) is 6.42. The van der Waals surface area contributed by atoms with Gasteiger partial charge in [-0.1, -0.05) is 6.08 Å². The van der Waals surface area contributed by atoms with Gasteiger partial charge in [-0.25, -0.2) is 4.98 Å². The fourth-order valence-corrected chi connectivity index (χ4v) is 3.53. The fourth-order valence-electron chi connectivity index (χ4n) is 2.35. The largest absolute Gasteiger partial charge is 0.497 e. The Morgan fingerprint density at radius 3 is 3.14 bits per heavy atom. The van der Waals surface area contributed by atoms with Gasteiger partial charge in [0.05, 0.1) is 29.5 Å². The van der Waals surface area contributed by atoms with Crippen molar-refractivity contribution in [2.75, 3.05) is 13.2 Å². The van der Waals surface area contributed by atoms with Crippen molar-refractivity contribution < 1.29 is 14.3 Å². The molecule has 0 N–H and O–H groups in total. The molecule has 21 heavy (non-hydrogen) atoms. The third kappa shape index (κ3) is 3.06. The zero-order chi connectivity index (χ0) is 14.8. The van der Waals surface area contributed by atoms with Crippen LogP contribution < -0.4 is 9.88 Å². The van der Waals surface area contributed by atoms with E-state index in [0.29, 0.717) is 19.6 Å². The number of fused-ring (bicyclic) bond motifs is 2. The summed E-state index contributed by atoms with van der Waals surface area (Å²) in [5.74, 6) is 0.626. The van der Waals surface area contributed by atoms with Crippen molar-refractivity contribution in [1.29, 1.82) is 0 Å². The molecule has 0 atom stereocenters.